The van der Waals surface area contributed by atoms with E-state index in [2.05, 4.69) is 9.72 Å². The molecule has 0 spiro atoms. The van der Waals surface area contributed by atoms with Crippen molar-refractivity contribution in [2.24, 2.45) is 0 Å². The first-order valence-corrected chi connectivity index (χ1v) is 5.09. The Bertz CT molecular complexity index is 485. The van der Waals surface area contributed by atoms with Crippen LogP contribution in [0.25, 0.3) is 0 Å². The van der Waals surface area contributed by atoms with Gasteiger partial charge in [0.15, 0.2) is 0 Å². The summed E-state index contributed by atoms with van der Waals surface area (Å²) < 4.78 is 68.3. The number of aromatic nitrogens is 1. The van der Waals surface area contributed by atoms with Crippen molar-refractivity contribution < 1.29 is 31.5 Å². The number of pyridine rings is 1. The molecule has 0 aliphatic carbocycles. The minimum absolute atomic E-state index is 0.323. The average molecular weight is 283 g/mol. The molecule has 0 amide bonds. The molecule has 0 N–H and O–H groups in total. The van der Waals surface area contributed by atoms with Crippen LogP contribution in [0.1, 0.15) is 28.8 Å². The number of halogens is 5. The minimum Gasteiger partial charge on any atom is -0.469 e. The molecule has 3 nitrogen and oxygen atoms in total. The smallest absolute Gasteiger partial charge is 0.417 e. The molecule has 1 aromatic rings. The Balaban J connectivity index is 3.50. The minimum atomic E-state index is -4.85. The van der Waals surface area contributed by atoms with E-state index in [4.69, 9.17) is 0 Å². The highest BCUT2D eigenvalue weighted by Crippen LogP contribution is 2.37. The standard InChI is InChI=1S/C11H10F5NO2/c1-5-4-17-9(10(12)13)6(3-7(18)19-2)8(5)11(14,15)16/h4,10H,3H2,1-2H3. The number of rotatable bonds is 3. The molecule has 0 unspecified atom stereocenters. The van der Waals surface area contributed by atoms with Gasteiger partial charge in [-0.15, -0.1) is 0 Å². The van der Waals surface area contributed by atoms with Crippen LogP contribution >= 0.6 is 0 Å². The summed E-state index contributed by atoms with van der Waals surface area (Å²) in [5, 5.41) is 0. The van der Waals surface area contributed by atoms with E-state index in [0.29, 0.717) is 6.20 Å². The van der Waals surface area contributed by atoms with Crippen molar-refractivity contribution in [1.29, 1.82) is 0 Å². The van der Waals surface area contributed by atoms with Crippen molar-refractivity contribution in [3.8, 4) is 0 Å². The molecule has 106 valence electrons. The van der Waals surface area contributed by atoms with Gasteiger partial charge in [0, 0.05) is 11.8 Å². The van der Waals surface area contributed by atoms with Crippen LogP contribution in [0.3, 0.4) is 0 Å². The van der Waals surface area contributed by atoms with Crippen LogP contribution < -0.4 is 0 Å². The Morgan fingerprint density at radius 3 is 2.42 bits per heavy atom. The fourth-order valence-electron chi connectivity index (χ4n) is 1.65. The van der Waals surface area contributed by atoms with E-state index < -0.39 is 41.8 Å². The summed E-state index contributed by atoms with van der Waals surface area (Å²) in [6.45, 7) is 1.09. The molecule has 0 radical (unpaired) electrons. The van der Waals surface area contributed by atoms with E-state index >= 15 is 0 Å². The summed E-state index contributed by atoms with van der Waals surface area (Å²) in [6.07, 6.45) is -8.24. The molecule has 0 fully saturated rings. The summed E-state index contributed by atoms with van der Waals surface area (Å²) in [5.74, 6) is -1.04. The van der Waals surface area contributed by atoms with Crippen molar-refractivity contribution in [2.45, 2.75) is 25.9 Å². The lowest BCUT2D eigenvalue weighted by Gasteiger charge is -2.17. The van der Waals surface area contributed by atoms with Crippen LogP contribution in [-0.2, 0) is 22.1 Å². The number of esters is 1. The molecule has 8 heteroatoms. The van der Waals surface area contributed by atoms with Crippen molar-refractivity contribution in [3.63, 3.8) is 0 Å². The quantitative estimate of drug-likeness (QED) is 0.632. The van der Waals surface area contributed by atoms with E-state index in [9.17, 15) is 26.7 Å². The van der Waals surface area contributed by atoms with Crippen molar-refractivity contribution in [2.75, 3.05) is 7.11 Å². The molecule has 0 atom stereocenters. The van der Waals surface area contributed by atoms with Gasteiger partial charge in [0.2, 0.25) is 0 Å². The third-order valence-electron chi connectivity index (χ3n) is 2.44. The Labute approximate surface area is 105 Å². The third-order valence-corrected chi connectivity index (χ3v) is 2.44. The maximum atomic E-state index is 12.9. The zero-order valence-corrected chi connectivity index (χ0v) is 10.0. The molecule has 0 aromatic carbocycles. The summed E-state index contributed by atoms with van der Waals surface area (Å²) in [4.78, 5) is 14.4. The summed E-state index contributed by atoms with van der Waals surface area (Å²) >= 11 is 0. The first-order chi connectivity index (χ1) is 8.68. The highest BCUT2D eigenvalue weighted by Gasteiger charge is 2.38. The number of ether oxygens (including phenoxy) is 1. The van der Waals surface area contributed by atoms with Gasteiger partial charge in [-0.25, -0.2) is 8.78 Å². The fraction of sp³-hybridized carbons (Fsp3) is 0.455. The monoisotopic (exact) mass is 283 g/mol. The molecule has 0 aliphatic heterocycles. The Kier molecular flexibility index (Phi) is 4.43. The third kappa shape index (κ3) is 3.39. The van der Waals surface area contributed by atoms with Gasteiger partial charge in [0.05, 0.1) is 19.1 Å². The summed E-state index contributed by atoms with van der Waals surface area (Å²) in [5.41, 5.74) is -3.48. The van der Waals surface area contributed by atoms with Crippen LogP contribution in [0, 0.1) is 6.92 Å². The number of methoxy groups -OCH3 is 1. The largest absolute Gasteiger partial charge is 0.469 e. The summed E-state index contributed by atoms with van der Waals surface area (Å²) in [6, 6.07) is 0. The molecule has 1 rings (SSSR count). The first kappa shape index (κ1) is 15.3. The normalized spacial score (nSPS) is 11.8. The van der Waals surface area contributed by atoms with Gasteiger partial charge in [0.1, 0.15) is 5.69 Å². The molecule has 0 saturated carbocycles. The molecule has 0 aliphatic rings. The number of alkyl halides is 5. The van der Waals surface area contributed by atoms with Crippen molar-refractivity contribution >= 4 is 5.97 Å². The van der Waals surface area contributed by atoms with E-state index in [1.807, 2.05) is 0 Å². The number of hydrogen-bond acceptors (Lipinski definition) is 3. The molecular weight excluding hydrogens is 273 g/mol. The van der Waals surface area contributed by atoms with Crippen LogP contribution in [-0.4, -0.2) is 18.1 Å². The lowest BCUT2D eigenvalue weighted by atomic mass is 9.98. The number of carbonyl (C=O) groups excluding carboxylic acids is 1. The molecule has 1 aromatic heterocycles. The summed E-state index contributed by atoms with van der Waals surface area (Å²) in [7, 11) is 0.959. The highest BCUT2D eigenvalue weighted by atomic mass is 19.4. The number of hydrogen-bond donors (Lipinski definition) is 0. The van der Waals surface area contributed by atoms with Crippen molar-refractivity contribution in [1.82, 2.24) is 4.98 Å². The second kappa shape index (κ2) is 5.50. The Morgan fingerprint density at radius 2 is 2.00 bits per heavy atom. The first-order valence-electron chi connectivity index (χ1n) is 5.09. The number of nitrogens with zero attached hydrogens (tertiary/aromatic N) is 1. The predicted octanol–water partition coefficient (Wildman–Crippen LogP) is 3.06. The van der Waals surface area contributed by atoms with Crippen LogP contribution in [0.5, 0.6) is 0 Å². The van der Waals surface area contributed by atoms with Gasteiger partial charge in [-0.05, 0) is 12.5 Å². The van der Waals surface area contributed by atoms with Gasteiger partial charge < -0.3 is 4.74 Å². The van der Waals surface area contributed by atoms with Gasteiger partial charge >= 0.3 is 12.1 Å². The van der Waals surface area contributed by atoms with Gasteiger partial charge in [-0.3, -0.25) is 9.78 Å². The highest BCUT2D eigenvalue weighted by molar-refractivity contribution is 5.73. The van der Waals surface area contributed by atoms with E-state index in [1.165, 1.54) is 0 Å². The zero-order chi connectivity index (χ0) is 14.8. The van der Waals surface area contributed by atoms with Crippen LogP contribution in [0.4, 0.5) is 22.0 Å². The van der Waals surface area contributed by atoms with Gasteiger partial charge in [0.25, 0.3) is 6.43 Å². The fourth-order valence-corrected chi connectivity index (χ4v) is 1.65. The van der Waals surface area contributed by atoms with Crippen LogP contribution in [0.15, 0.2) is 6.20 Å². The Hall–Kier alpha value is -1.73. The van der Waals surface area contributed by atoms with Gasteiger partial charge in [-0.1, -0.05) is 0 Å². The molecule has 0 saturated heterocycles. The molecule has 0 bridgehead atoms. The lowest BCUT2D eigenvalue weighted by molar-refractivity contribution is -0.141. The maximum Gasteiger partial charge on any atom is 0.417 e. The Morgan fingerprint density at radius 1 is 1.42 bits per heavy atom. The second-order valence-corrected chi connectivity index (χ2v) is 3.73. The van der Waals surface area contributed by atoms with Crippen LogP contribution in [0.2, 0.25) is 0 Å². The van der Waals surface area contributed by atoms with E-state index in [-0.39, 0.29) is 5.56 Å². The predicted molar refractivity (Wildman–Crippen MR) is 54.7 cm³/mol. The zero-order valence-electron chi connectivity index (χ0n) is 10.0. The van der Waals surface area contributed by atoms with Crippen molar-refractivity contribution in [3.05, 3.63) is 28.6 Å². The topological polar surface area (TPSA) is 39.2 Å². The second-order valence-electron chi connectivity index (χ2n) is 3.73. The SMILES string of the molecule is COC(=O)Cc1c(C(F)F)ncc(C)c1C(F)(F)F. The molecular formula is C11H10F5NO2. The van der Waals surface area contributed by atoms with E-state index in [0.717, 1.165) is 14.0 Å². The molecule has 1 heterocycles. The maximum absolute atomic E-state index is 12.9. The van der Waals surface area contributed by atoms with E-state index in [1.54, 1.807) is 0 Å². The number of carbonyl (C=O) groups is 1. The number of aryl methyl sites for hydroxylation is 1. The average Bonchev–Trinajstić information content (AvgIpc) is 2.26. The lowest BCUT2D eigenvalue weighted by Crippen LogP contribution is -2.18. The molecule has 19 heavy (non-hydrogen) atoms. The van der Waals surface area contributed by atoms with Gasteiger partial charge in [-0.2, -0.15) is 13.2 Å².